The van der Waals surface area contributed by atoms with Crippen LogP contribution in [-0.4, -0.2) is 7.85 Å². The van der Waals surface area contributed by atoms with Gasteiger partial charge in [-0.2, -0.15) is 0 Å². The van der Waals surface area contributed by atoms with Gasteiger partial charge in [-0.1, -0.05) is 67.0 Å². The van der Waals surface area contributed by atoms with Gasteiger partial charge in [0.1, 0.15) is 19.7 Å². The van der Waals surface area contributed by atoms with Crippen LogP contribution in [0.4, 0.5) is 0 Å². The quantitative estimate of drug-likeness (QED) is 0.440. The van der Waals surface area contributed by atoms with Gasteiger partial charge >= 0.3 is 0 Å². The van der Waals surface area contributed by atoms with E-state index in [1.54, 1.807) is 0 Å². The molecule has 1 unspecified atom stereocenters. The van der Waals surface area contributed by atoms with Crippen LogP contribution in [-0.2, 0) is 6.42 Å². The molecule has 0 aromatic heterocycles. The SMILES string of the molecule is [B]c1ccc(C)c(C[C@@H](C)c2ccc(S)cc2OC(C)c2ccccc2)c1. The summed E-state index contributed by atoms with van der Waals surface area (Å²) in [6, 6.07) is 22.6. The van der Waals surface area contributed by atoms with Crippen molar-refractivity contribution in [3.63, 3.8) is 0 Å². The Morgan fingerprint density at radius 3 is 2.44 bits per heavy atom. The lowest BCUT2D eigenvalue weighted by atomic mass is 9.87. The first-order valence-electron chi connectivity index (χ1n) is 9.33. The summed E-state index contributed by atoms with van der Waals surface area (Å²) in [6.45, 7) is 6.44. The zero-order valence-electron chi connectivity index (χ0n) is 16.1. The first kappa shape index (κ1) is 19.6. The second-order valence-electron chi connectivity index (χ2n) is 7.18. The standard InChI is InChI=1S/C24H25BOS/c1-16-9-10-21(25)14-20(16)13-17(2)23-12-11-22(27)15-24(23)26-18(3)19-7-5-4-6-8-19/h4-12,14-15,17-18,27H,13H2,1-3H3/t17-,18?/m1/s1. The van der Waals surface area contributed by atoms with Gasteiger partial charge in [0.15, 0.2) is 0 Å². The van der Waals surface area contributed by atoms with Crippen LogP contribution in [0.15, 0.2) is 71.6 Å². The third-order valence-electron chi connectivity index (χ3n) is 5.00. The van der Waals surface area contributed by atoms with Crippen molar-refractivity contribution >= 4 is 25.9 Å². The Bertz CT molecular complexity index is 908. The van der Waals surface area contributed by atoms with Crippen molar-refractivity contribution in [2.45, 2.75) is 44.1 Å². The molecule has 0 bridgehead atoms. The van der Waals surface area contributed by atoms with Crippen molar-refractivity contribution in [2.75, 3.05) is 0 Å². The highest BCUT2D eigenvalue weighted by molar-refractivity contribution is 7.80. The van der Waals surface area contributed by atoms with E-state index in [4.69, 9.17) is 12.6 Å². The van der Waals surface area contributed by atoms with Crippen molar-refractivity contribution in [3.05, 3.63) is 89.0 Å². The summed E-state index contributed by atoms with van der Waals surface area (Å²) in [4.78, 5) is 0.904. The van der Waals surface area contributed by atoms with Gasteiger partial charge in [0.05, 0.1) is 0 Å². The number of benzene rings is 3. The predicted octanol–water partition coefficient (Wildman–Crippen LogP) is 5.56. The first-order chi connectivity index (χ1) is 12.9. The number of hydrogen-bond acceptors (Lipinski definition) is 2. The molecule has 1 nitrogen and oxygen atoms in total. The second-order valence-corrected chi connectivity index (χ2v) is 7.70. The largest absolute Gasteiger partial charge is 0.486 e. The van der Waals surface area contributed by atoms with Crippen molar-refractivity contribution in [1.82, 2.24) is 0 Å². The van der Waals surface area contributed by atoms with E-state index in [9.17, 15) is 0 Å². The van der Waals surface area contributed by atoms with Crippen molar-refractivity contribution in [1.29, 1.82) is 0 Å². The molecular formula is C24H25BOS. The minimum Gasteiger partial charge on any atom is -0.486 e. The summed E-state index contributed by atoms with van der Waals surface area (Å²) in [5.41, 5.74) is 5.70. The van der Waals surface area contributed by atoms with Crippen LogP contribution in [0.3, 0.4) is 0 Å². The maximum atomic E-state index is 6.35. The van der Waals surface area contributed by atoms with Crippen molar-refractivity contribution in [2.24, 2.45) is 0 Å². The van der Waals surface area contributed by atoms with Gasteiger partial charge in [-0.3, -0.25) is 0 Å². The van der Waals surface area contributed by atoms with Crippen LogP contribution in [0.25, 0.3) is 0 Å². The number of thiol groups is 1. The van der Waals surface area contributed by atoms with E-state index in [1.165, 1.54) is 16.7 Å². The van der Waals surface area contributed by atoms with E-state index in [2.05, 4.69) is 63.7 Å². The fourth-order valence-corrected chi connectivity index (χ4v) is 3.56. The molecule has 3 heteroatoms. The van der Waals surface area contributed by atoms with Gasteiger partial charge in [0, 0.05) is 4.90 Å². The van der Waals surface area contributed by atoms with Crippen molar-refractivity contribution < 1.29 is 4.74 Å². The molecule has 0 aliphatic heterocycles. The molecule has 0 aliphatic rings. The van der Waals surface area contributed by atoms with E-state index in [1.807, 2.05) is 36.4 Å². The van der Waals surface area contributed by atoms with Crippen LogP contribution in [0.5, 0.6) is 5.75 Å². The third kappa shape index (κ3) is 4.98. The number of ether oxygens (including phenoxy) is 1. The topological polar surface area (TPSA) is 9.23 Å². The minimum absolute atomic E-state index is 0.0265. The van der Waals surface area contributed by atoms with E-state index < -0.39 is 0 Å². The highest BCUT2D eigenvalue weighted by Gasteiger charge is 2.16. The lowest BCUT2D eigenvalue weighted by Crippen LogP contribution is -2.10. The van der Waals surface area contributed by atoms with Crippen LogP contribution < -0.4 is 10.2 Å². The lowest BCUT2D eigenvalue weighted by molar-refractivity contribution is 0.223. The molecule has 0 N–H and O–H groups in total. The van der Waals surface area contributed by atoms with Crippen molar-refractivity contribution in [3.8, 4) is 5.75 Å². The average Bonchev–Trinajstić information content (AvgIpc) is 2.65. The predicted molar refractivity (Wildman–Crippen MR) is 118 cm³/mol. The van der Waals surface area contributed by atoms with E-state index in [0.717, 1.165) is 28.1 Å². The second kappa shape index (κ2) is 8.71. The summed E-state index contributed by atoms with van der Waals surface area (Å²) >= 11 is 4.51. The maximum Gasteiger partial charge on any atom is 0.124 e. The maximum absolute atomic E-state index is 6.35. The highest BCUT2D eigenvalue weighted by Crippen LogP contribution is 2.34. The Morgan fingerprint density at radius 2 is 1.70 bits per heavy atom. The molecule has 136 valence electrons. The Kier molecular flexibility index (Phi) is 6.33. The molecule has 0 spiro atoms. The zero-order valence-corrected chi connectivity index (χ0v) is 17.0. The minimum atomic E-state index is -0.0265. The van der Waals surface area contributed by atoms with E-state index in [0.29, 0.717) is 5.92 Å². The zero-order chi connectivity index (χ0) is 19.4. The first-order valence-corrected chi connectivity index (χ1v) is 9.78. The normalized spacial score (nSPS) is 13.2. The van der Waals surface area contributed by atoms with Crippen LogP contribution >= 0.6 is 12.6 Å². The third-order valence-corrected chi connectivity index (χ3v) is 5.28. The Balaban J connectivity index is 1.86. The average molecular weight is 372 g/mol. The fourth-order valence-electron chi connectivity index (χ4n) is 3.37. The molecule has 3 aromatic rings. The molecule has 2 atom stereocenters. The fraction of sp³-hybridized carbons (Fsp3) is 0.250. The van der Waals surface area contributed by atoms with Gasteiger partial charge in [0.2, 0.25) is 0 Å². The summed E-state index contributed by atoms with van der Waals surface area (Å²) < 4.78 is 6.35. The highest BCUT2D eigenvalue weighted by atomic mass is 32.1. The molecule has 0 aliphatic carbocycles. The van der Waals surface area contributed by atoms with Crippen LogP contribution in [0.2, 0.25) is 0 Å². The van der Waals surface area contributed by atoms with Gasteiger partial charge in [0.25, 0.3) is 0 Å². The van der Waals surface area contributed by atoms with Gasteiger partial charge in [-0.25, -0.2) is 0 Å². The lowest BCUT2D eigenvalue weighted by Gasteiger charge is -2.22. The van der Waals surface area contributed by atoms with Gasteiger partial charge < -0.3 is 4.74 Å². The molecule has 3 rings (SSSR count). The van der Waals surface area contributed by atoms with Gasteiger partial charge in [-0.15, -0.1) is 12.6 Å². The van der Waals surface area contributed by atoms with Crippen LogP contribution in [0.1, 0.15) is 48.1 Å². The summed E-state index contributed by atoms with van der Waals surface area (Å²) in [5.74, 6) is 1.20. The molecule has 2 radical (unpaired) electrons. The smallest absolute Gasteiger partial charge is 0.124 e. The Labute approximate surface area is 169 Å². The number of hydrogen-bond donors (Lipinski definition) is 1. The number of rotatable bonds is 6. The summed E-state index contributed by atoms with van der Waals surface area (Å²) in [6.07, 6.45) is 0.889. The molecule has 0 saturated carbocycles. The molecule has 0 fully saturated rings. The van der Waals surface area contributed by atoms with E-state index >= 15 is 0 Å². The summed E-state index contributed by atoms with van der Waals surface area (Å²) in [7, 11) is 5.99. The molecular weight excluding hydrogens is 347 g/mol. The Hall–Kier alpha value is -2.13. The molecule has 27 heavy (non-hydrogen) atoms. The Morgan fingerprint density at radius 1 is 0.963 bits per heavy atom. The van der Waals surface area contributed by atoms with Crippen LogP contribution in [0, 0.1) is 6.92 Å². The van der Waals surface area contributed by atoms with E-state index in [-0.39, 0.29) is 6.10 Å². The molecule has 0 saturated heterocycles. The molecule has 3 aromatic carbocycles. The summed E-state index contributed by atoms with van der Waals surface area (Å²) in [5, 5.41) is 0. The number of aryl methyl sites for hydroxylation is 1. The molecule has 0 amide bonds. The monoisotopic (exact) mass is 372 g/mol. The molecule has 0 heterocycles. The van der Waals surface area contributed by atoms with Gasteiger partial charge in [-0.05, 0) is 60.6 Å².